The predicted octanol–water partition coefficient (Wildman–Crippen LogP) is 6.14. The molecule has 6 rings (SSSR count). The summed E-state index contributed by atoms with van der Waals surface area (Å²) in [6, 6.07) is 25.4. The summed E-state index contributed by atoms with van der Waals surface area (Å²) in [5.41, 5.74) is 5.20. The van der Waals surface area contributed by atoms with Crippen LogP contribution in [-0.4, -0.2) is 37.1 Å². The number of aryl methyl sites for hydroxylation is 1. The van der Waals surface area contributed by atoms with Crippen molar-refractivity contribution >= 4 is 17.5 Å². The molecule has 1 amide bonds. The van der Waals surface area contributed by atoms with Gasteiger partial charge in [-0.3, -0.25) is 9.89 Å². The van der Waals surface area contributed by atoms with Crippen LogP contribution in [0.4, 0.5) is 0 Å². The number of aromatic amines is 1. The molecule has 0 aliphatic carbocycles. The Balaban J connectivity index is 1.30. The van der Waals surface area contributed by atoms with Crippen molar-refractivity contribution in [1.82, 2.24) is 24.6 Å². The van der Waals surface area contributed by atoms with Gasteiger partial charge in [-0.15, -0.1) is 0 Å². The molecule has 5 aromatic rings. The second-order valence-corrected chi connectivity index (χ2v) is 9.70. The SMILES string of the molecule is O=C1c2[nH]nc(-c3ccc(Cl)cc3)c2C(c2ccc(OCc3ccccc3)cc2)N1CCCn1ccnc1. The van der Waals surface area contributed by atoms with E-state index in [1.165, 1.54) is 0 Å². The van der Waals surface area contributed by atoms with E-state index in [9.17, 15) is 4.79 Å². The number of rotatable bonds is 9. The van der Waals surface area contributed by atoms with Crippen LogP contribution in [0.15, 0.2) is 97.6 Å². The molecule has 0 saturated heterocycles. The molecule has 7 nitrogen and oxygen atoms in total. The highest BCUT2D eigenvalue weighted by Crippen LogP contribution is 2.43. The van der Waals surface area contributed by atoms with E-state index in [0.717, 1.165) is 46.7 Å². The molecule has 1 N–H and O–H groups in total. The first kappa shape index (κ1) is 24.0. The van der Waals surface area contributed by atoms with E-state index in [0.29, 0.717) is 23.9 Å². The van der Waals surface area contributed by atoms with Gasteiger partial charge in [0.05, 0.1) is 18.1 Å². The van der Waals surface area contributed by atoms with Crippen molar-refractivity contribution in [2.24, 2.45) is 0 Å². The molecule has 0 spiro atoms. The van der Waals surface area contributed by atoms with E-state index in [4.69, 9.17) is 16.3 Å². The van der Waals surface area contributed by atoms with Gasteiger partial charge in [-0.1, -0.05) is 66.2 Å². The Morgan fingerprint density at radius 3 is 2.47 bits per heavy atom. The third kappa shape index (κ3) is 4.80. The van der Waals surface area contributed by atoms with Gasteiger partial charge in [0.1, 0.15) is 18.1 Å². The molecule has 3 aromatic carbocycles. The number of carbonyl (C=O) groups excluding carboxylic acids is 1. The van der Waals surface area contributed by atoms with E-state index in [-0.39, 0.29) is 11.9 Å². The highest BCUT2D eigenvalue weighted by Gasteiger charge is 2.41. The monoisotopic (exact) mass is 523 g/mol. The number of nitrogens with zero attached hydrogens (tertiary/aromatic N) is 4. The topological polar surface area (TPSA) is 76.0 Å². The second kappa shape index (κ2) is 10.6. The van der Waals surface area contributed by atoms with Crippen molar-refractivity contribution in [2.75, 3.05) is 6.54 Å². The fraction of sp³-hybridized carbons (Fsp3) is 0.167. The van der Waals surface area contributed by atoms with E-state index >= 15 is 0 Å². The lowest BCUT2D eigenvalue weighted by Crippen LogP contribution is -2.31. The summed E-state index contributed by atoms with van der Waals surface area (Å²) in [7, 11) is 0. The number of carbonyl (C=O) groups is 1. The zero-order valence-electron chi connectivity index (χ0n) is 20.6. The van der Waals surface area contributed by atoms with Crippen LogP contribution >= 0.6 is 11.6 Å². The Hall–Kier alpha value is -4.36. The van der Waals surface area contributed by atoms with Crippen molar-refractivity contribution in [3.8, 4) is 17.0 Å². The van der Waals surface area contributed by atoms with Gasteiger partial charge in [-0.2, -0.15) is 5.10 Å². The van der Waals surface area contributed by atoms with E-state index in [2.05, 4.69) is 15.2 Å². The molecule has 0 saturated carbocycles. The third-order valence-corrected chi connectivity index (χ3v) is 7.05. The summed E-state index contributed by atoms with van der Waals surface area (Å²) < 4.78 is 8.02. The van der Waals surface area contributed by atoms with E-state index in [1.54, 1.807) is 12.5 Å². The maximum atomic E-state index is 13.6. The average molecular weight is 524 g/mol. The molecule has 0 fully saturated rings. The summed E-state index contributed by atoms with van der Waals surface area (Å²) in [6.45, 7) is 1.87. The minimum absolute atomic E-state index is 0.0484. The van der Waals surface area contributed by atoms with Crippen LogP contribution in [0.3, 0.4) is 0 Å². The van der Waals surface area contributed by atoms with Crippen LogP contribution < -0.4 is 4.74 Å². The molecule has 1 unspecified atom stereocenters. The molecule has 3 heterocycles. The molecule has 0 radical (unpaired) electrons. The number of hydrogen-bond donors (Lipinski definition) is 1. The first-order chi connectivity index (χ1) is 18.7. The van der Waals surface area contributed by atoms with Crippen LogP contribution in [0, 0.1) is 0 Å². The highest BCUT2D eigenvalue weighted by atomic mass is 35.5. The van der Waals surface area contributed by atoms with Crippen molar-refractivity contribution in [1.29, 1.82) is 0 Å². The highest BCUT2D eigenvalue weighted by molar-refractivity contribution is 6.30. The summed E-state index contributed by atoms with van der Waals surface area (Å²) in [4.78, 5) is 19.6. The van der Waals surface area contributed by atoms with E-state index in [1.807, 2.05) is 94.5 Å². The number of benzene rings is 3. The zero-order chi connectivity index (χ0) is 25.9. The van der Waals surface area contributed by atoms with Gasteiger partial charge in [0.25, 0.3) is 5.91 Å². The fourth-order valence-corrected chi connectivity index (χ4v) is 5.06. The standard InChI is InChI=1S/C30H26ClN5O2/c31-24-11-7-22(8-12-24)27-26-28(34-33-27)30(37)36(17-4-16-35-18-15-32-20-35)29(26)23-9-13-25(14-10-23)38-19-21-5-2-1-3-6-21/h1-3,5-15,18,20,29H,4,16-17,19H2,(H,33,34). The number of fused-ring (bicyclic) bond motifs is 1. The fourth-order valence-electron chi connectivity index (χ4n) is 4.93. The lowest BCUT2D eigenvalue weighted by molar-refractivity contribution is 0.0739. The Labute approximate surface area is 225 Å². The maximum absolute atomic E-state index is 13.6. The van der Waals surface area contributed by atoms with Crippen LogP contribution in [0.5, 0.6) is 5.75 Å². The Bertz CT molecular complexity index is 1510. The summed E-state index contributed by atoms with van der Waals surface area (Å²) >= 11 is 6.13. The van der Waals surface area contributed by atoms with Gasteiger partial charge in [-0.25, -0.2) is 4.98 Å². The van der Waals surface area contributed by atoms with Gasteiger partial charge in [0, 0.05) is 41.6 Å². The molecule has 190 valence electrons. The van der Waals surface area contributed by atoms with Crippen LogP contribution in [-0.2, 0) is 13.2 Å². The number of H-pyrrole nitrogens is 1. The summed E-state index contributed by atoms with van der Waals surface area (Å²) in [6.07, 6.45) is 6.29. The lowest BCUT2D eigenvalue weighted by Gasteiger charge is -2.26. The first-order valence-corrected chi connectivity index (χ1v) is 12.9. The quantitative estimate of drug-likeness (QED) is 0.252. The number of hydrogen-bond acceptors (Lipinski definition) is 4. The Morgan fingerprint density at radius 2 is 1.74 bits per heavy atom. The molecular formula is C30H26ClN5O2. The van der Waals surface area contributed by atoms with Gasteiger partial charge in [0.15, 0.2) is 0 Å². The maximum Gasteiger partial charge on any atom is 0.273 e. The van der Waals surface area contributed by atoms with Crippen molar-refractivity contribution in [3.05, 3.63) is 125 Å². The number of aromatic nitrogens is 4. The average Bonchev–Trinajstić information content (AvgIpc) is 3.68. The second-order valence-electron chi connectivity index (χ2n) is 9.27. The molecule has 1 aliphatic heterocycles. The predicted molar refractivity (Wildman–Crippen MR) is 146 cm³/mol. The van der Waals surface area contributed by atoms with Crippen molar-refractivity contribution in [2.45, 2.75) is 25.6 Å². The molecule has 1 aliphatic rings. The van der Waals surface area contributed by atoms with Crippen LogP contribution in [0.1, 0.15) is 39.6 Å². The molecule has 2 aromatic heterocycles. The van der Waals surface area contributed by atoms with Gasteiger partial charge in [-0.05, 0) is 41.8 Å². The largest absolute Gasteiger partial charge is 0.489 e. The summed E-state index contributed by atoms with van der Waals surface area (Å²) in [5, 5.41) is 8.22. The van der Waals surface area contributed by atoms with E-state index < -0.39 is 0 Å². The van der Waals surface area contributed by atoms with Crippen LogP contribution in [0.2, 0.25) is 5.02 Å². The third-order valence-electron chi connectivity index (χ3n) is 6.80. The molecule has 38 heavy (non-hydrogen) atoms. The normalized spacial score (nSPS) is 14.6. The van der Waals surface area contributed by atoms with Gasteiger partial charge < -0.3 is 14.2 Å². The number of halogens is 1. The molecular weight excluding hydrogens is 498 g/mol. The summed E-state index contributed by atoms with van der Waals surface area (Å²) in [5.74, 6) is 0.728. The van der Waals surface area contributed by atoms with Crippen molar-refractivity contribution < 1.29 is 9.53 Å². The number of amides is 1. The van der Waals surface area contributed by atoms with Gasteiger partial charge >= 0.3 is 0 Å². The molecule has 1 atom stereocenters. The Morgan fingerprint density at radius 1 is 0.947 bits per heavy atom. The smallest absolute Gasteiger partial charge is 0.273 e. The van der Waals surface area contributed by atoms with Crippen molar-refractivity contribution in [3.63, 3.8) is 0 Å². The van der Waals surface area contributed by atoms with Gasteiger partial charge in [0.2, 0.25) is 0 Å². The lowest BCUT2D eigenvalue weighted by atomic mass is 9.96. The number of imidazole rings is 1. The first-order valence-electron chi connectivity index (χ1n) is 12.5. The minimum Gasteiger partial charge on any atom is -0.489 e. The molecule has 8 heteroatoms. The minimum atomic E-state index is -0.270. The zero-order valence-corrected chi connectivity index (χ0v) is 21.4. The number of ether oxygens (including phenoxy) is 1. The Kier molecular flexibility index (Phi) is 6.67. The van der Waals surface area contributed by atoms with Crippen LogP contribution in [0.25, 0.3) is 11.3 Å². The number of nitrogens with one attached hydrogen (secondary N) is 1. The molecule has 0 bridgehead atoms.